The molecule has 0 aliphatic heterocycles. The zero-order valence-electron chi connectivity index (χ0n) is 9.24. The molecule has 0 radical (unpaired) electrons. The molecule has 0 unspecified atom stereocenters. The normalized spacial score (nSPS) is 10.3. The van der Waals surface area contributed by atoms with Gasteiger partial charge in [-0.3, -0.25) is 4.98 Å². The van der Waals surface area contributed by atoms with E-state index in [1.54, 1.807) is 12.4 Å². The molecule has 0 spiro atoms. The maximum atomic E-state index is 4.30. The van der Waals surface area contributed by atoms with Crippen molar-refractivity contribution in [1.29, 1.82) is 0 Å². The van der Waals surface area contributed by atoms with E-state index in [1.807, 2.05) is 25.3 Å². The molecule has 0 aliphatic carbocycles. The van der Waals surface area contributed by atoms with E-state index in [4.69, 9.17) is 0 Å². The van der Waals surface area contributed by atoms with Gasteiger partial charge < -0.3 is 5.32 Å². The second-order valence-corrected chi connectivity index (χ2v) is 5.41. The fraction of sp³-hybridized carbons (Fsp3) is 0.167. The molecule has 88 valence electrons. The summed E-state index contributed by atoms with van der Waals surface area (Å²) in [6, 6.07) is 3.98. The lowest BCUT2D eigenvalue weighted by Gasteiger charge is -2.09. The first-order valence-corrected chi connectivity index (χ1v) is 6.70. The highest BCUT2D eigenvalue weighted by Gasteiger charge is 2.03. The lowest BCUT2D eigenvalue weighted by atomic mass is 10.1. The van der Waals surface area contributed by atoms with Crippen LogP contribution in [0.25, 0.3) is 0 Å². The number of nitrogens with one attached hydrogen (secondary N) is 1. The Balaban J connectivity index is 2.10. The first-order chi connectivity index (χ1) is 8.16. The van der Waals surface area contributed by atoms with Gasteiger partial charge in [-0.1, -0.05) is 0 Å². The van der Waals surface area contributed by atoms with Crippen molar-refractivity contribution in [3.8, 4) is 0 Å². The van der Waals surface area contributed by atoms with E-state index >= 15 is 0 Å². The van der Waals surface area contributed by atoms with Crippen molar-refractivity contribution < 1.29 is 0 Å². The summed E-state index contributed by atoms with van der Waals surface area (Å²) in [6.45, 7) is 2.79. The second kappa shape index (κ2) is 5.60. The predicted molar refractivity (Wildman–Crippen MR) is 75.9 cm³/mol. The van der Waals surface area contributed by atoms with Crippen LogP contribution in [0.15, 0.2) is 39.7 Å². The molecular formula is C12H11Br2N3. The van der Waals surface area contributed by atoms with Crippen molar-refractivity contribution in [3.05, 3.63) is 50.8 Å². The molecule has 5 heteroatoms. The number of hydrogen-bond acceptors (Lipinski definition) is 3. The average Bonchev–Trinajstić information content (AvgIpc) is 2.30. The molecular weight excluding hydrogens is 346 g/mol. The van der Waals surface area contributed by atoms with Gasteiger partial charge in [-0.15, -0.1) is 0 Å². The quantitative estimate of drug-likeness (QED) is 0.905. The molecule has 2 heterocycles. The lowest BCUT2D eigenvalue weighted by Crippen LogP contribution is -2.03. The van der Waals surface area contributed by atoms with Crippen LogP contribution in [0.2, 0.25) is 0 Å². The smallest absolute Gasteiger partial charge is 0.140 e. The van der Waals surface area contributed by atoms with Crippen LogP contribution < -0.4 is 5.32 Å². The van der Waals surface area contributed by atoms with Crippen LogP contribution in [0, 0.1) is 6.92 Å². The molecule has 0 atom stereocenters. The van der Waals surface area contributed by atoms with E-state index < -0.39 is 0 Å². The Bertz CT molecular complexity index is 529. The van der Waals surface area contributed by atoms with Crippen molar-refractivity contribution in [2.45, 2.75) is 13.5 Å². The summed E-state index contributed by atoms with van der Waals surface area (Å²) in [5.74, 6) is 0.837. The summed E-state index contributed by atoms with van der Waals surface area (Å²) in [7, 11) is 0. The topological polar surface area (TPSA) is 37.8 Å². The van der Waals surface area contributed by atoms with Crippen molar-refractivity contribution >= 4 is 37.7 Å². The summed E-state index contributed by atoms with van der Waals surface area (Å²) in [5, 5.41) is 3.29. The van der Waals surface area contributed by atoms with Gasteiger partial charge in [0.1, 0.15) is 5.82 Å². The molecule has 0 saturated carbocycles. The Morgan fingerprint density at radius 2 is 2.12 bits per heavy atom. The zero-order chi connectivity index (χ0) is 12.3. The minimum absolute atomic E-state index is 0.738. The third-order valence-electron chi connectivity index (χ3n) is 2.39. The minimum Gasteiger partial charge on any atom is -0.365 e. The second-order valence-electron chi connectivity index (χ2n) is 3.64. The largest absolute Gasteiger partial charge is 0.365 e. The first-order valence-electron chi connectivity index (χ1n) is 5.11. The van der Waals surface area contributed by atoms with Crippen molar-refractivity contribution in [2.75, 3.05) is 5.32 Å². The van der Waals surface area contributed by atoms with Gasteiger partial charge in [-0.05, 0) is 62.0 Å². The highest BCUT2D eigenvalue weighted by molar-refractivity contribution is 9.11. The summed E-state index contributed by atoms with van der Waals surface area (Å²) >= 11 is 6.85. The number of anilines is 1. The summed E-state index contributed by atoms with van der Waals surface area (Å²) in [5.41, 5.74) is 2.39. The number of aromatic nitrogens is 2. The van der Waals surface area contributed by atoms with E-state index in [0.717, 1.165) is 21.3 Å². The van der Waals surface area contributed by atoms with Gasteiger partial charge >= 0.3 is 0 Å². The fourth-order valence-electron chi connectivity index (χ4n) is 1.42. The molecule has 2 aromatic heterocycles. The maximum Gasteiger partial charge on any atom is 0.140 e. The van der Waals surface area contributed by atoms with Crippen LogP contribution in [-0.4, -0.2) is 9.97 Å². The van der Waals surface area contributed by atoms with Gasteiger partial charge in [0.05, 0.1) is 4.47 Å². The molecule has 2 rings (SSSR count). The number of hydrogen-bond donors (Lipinski definition) is 1. The molecule has 0 aliphatic rings. The highest BCUT2D eigenvalue weighted by atomic mass is 79.9. The number of aryl methyl sites for hydroxylation is 1. The molecule has 0 aromatic carbocycles. The third-order valence-corrected chi connectivity index (χ3v) is 3.43. The lowest BCUT2D eigenvalue weighted by molar-refractivity contribution is 1.06. The van der Waals surface area contributed by atoms with Gasteiger partial charge in [0.15, 0.2) is 0 Å². The molecule has 17 heavy (non-hydrogen) atoms. The van der Waals surface area contributed by atoms with Gasteiger partial charge in [0.2, 0.25) is 0 Å². The molecule has 0 fully saturated rings. The van der Waals surface area contributed by atoms with Gasteiger partial charge in [0, 0.05) is 29.6 Å². The van der Waals surface area contributed by atoms with Gasteiger partial charge in [-0.25, -0.2) is 4.98 Å². The molecule has 1 N–H and O–H groups in total. The first kappa shape index (κ1) is 12.5. The third kappa shape index (κ3) is 3.26. The predicted octanol–water partition coefficient (Wildman–Crippen LogP) is 3.92. The van der Waals surface area contributed by atoms with E-state index in [1.165, 1.54) is 11.1 Å². The molecule has 0 amide bonds. The molecule has 3 nitrogen and oxygen atoms in total. The Hall–Kier alpha value is -0.940. The number of halogens is 2. The summed E-state index contributed by atoms with van der Waals surface area (Å²) in [6.07, 6.45) is 5.43. The monoisotopic (exact) mass is 355 g/mol. The van der Waals surface area contributed by atoms with Crippen LogP contribution in [0.4, 0.5) is 5.82 Å². The van der Waals surface area contributed by atoms with Gasteiger partial charge in [-0.2, -0.15) is 0 Å². The van der Waals surface area contributed by atoms with E-state index in [-0.39, 0.29) is 0 Å². The zero-order valence-corrected chi connectivity index (χ0v) is 12.4. The van der Waals surface area contributed by atoms with Crippen molar-refractivity contribution in [1.82, 2.24) is 9.97 Å². The number of rotatable bonds is 3. The molecule has 2 aromatic rings. The van der Waals surface area contributed by atoms with Gasteiger partial charge in [0.25, 0.3) is 0 Å². The van der Waals surface area contributed by atoms with Crippen LogP contribution in [-0.2, 0) is 6.54 Å². The highest BCUT2D eigenvalue weighted by Crippen LogP contribution is 2.24. The Morgan fingerprint density at radius 3 is 2.82 bits per heavy atom. The summed E-state index contributed by atoms with van der Waals surface area (Å²) < 4.78 is 1.90. The average molecular weight is 357 g/mol. The number of pyridine rings is 2. The van der Waals surface area contributed by atoms with Crippen LogP contribution in [0.1, 0.15) is 11.1 Å². The molecule has 0 bridgehead atoms. The van der Waals surface area contributed by atoms with E-state index in [9.17, 15) is 0 Å². The standard InChI is InChI=1S/C12H11Br2N3/c1-8-5-15-3-2-9(8)6-16-12-11(14)4-10(13)7-17-12/h2-5,7H,6H2,1H3,(H,16,17). The molecule has 0 saturated heterocycles. The van der Waals surface area contributed by atoms with Crippen LogP contribution in [0.5, 0.6) is 0 Å². The summed E-state index contributed by atoms with van der Waals surface area (Å²) in [4.78, 5) is 8.37. The SMILES string of the molecule is Cc1cnccc1CNc1ncc(Br)cc1Br. The maximum absolute atomic E-state index is 4.30. The van der Waals surface area contributed by atoms with Crippen molar-refractivity contribution in [2.24, 2.45) is 0 Å². The minimum atomic E-state index is 0.738. The Labute approximate surface area is 117 Å². The van der Waals surface area contributed by atoms with E-state index in [2.05, 4.69) is 47.1 Å². The Kier molecular flexibility index (Phi) is 4.12. The van der Waals surface area contributed by atoms with Crippen molar-refractivity contribution in [3.63, 3.8) is 0 Å². The fourth-order valence-corrected chi connectivity index (χ4v) is 2.55. The van der Waals surface area contributed by atoms with E-state index in [0.29, 0.717) is 0 Å². The number of nitrogens with zero attached hydrogens (tertiary/aromatic N) is 2. The Morgan fingerprint density at radius 1 is 1.29 bits per heavy atom. The van der Waals surface area contributed by atoms with Crippen LogP contribution >= 0.6 is 31.9 Å². The van der Waals surface area contributed by atoms with Crippen LogP contribution in [0.3, 0.4) is 0 Å².